The van der Waals surface area contributed by atoms with Gasteiger partial charge in [0.15, 0.2) is 5.96 Å². The van der Waals surface area contributed by atoms with E-state index in [1.54, 1.807) is 19.2 Å². The predicted molar refractivity (Wildman–Crippen MR) is 138 cm³/mol. The number of alkyl halides is 2. The number of nitrogens with zero attached hydrogens (tertiary/aromatic N) is 4. The first kappa shape index (κ1) is 25.3. The first-order valence-corrected chi connectivity index (χ1v) is 11.1. The van der Waals surface area contributed by atoms with Crippen molar-refractivity contribution in [2.75, 3.05) is 43.0 Å². The van der Waals surface area contributed by atoms with Crippen LogP contribution in [-0.2, 0) is 6.54 Å². The molecule has 0 aliphatic carbocycles. The maximum absolute atomic E-state index is 12.7. The van der Waals surface area contributed by atoms with Crippen LogP contribution in [0.15, 0.2) is 47.6 Å². The van der Waals surface area contributed by atoms with Crippen LogP contribution in [0.4, 0.5) is 20.3 Å². The third kappa shape index (κ3) is 6.81. The molecule has 0 saturated carbocycles. The summed E-state index contributed by atoms with van der Waals surface area (Å²) >= 11 is 0. The van der Waals surface area contributed by atoms with Crippen molar-refractivity contribution in [1.29, 1.82) is 0 Å². The van der Waals surface area contributed by atoms with E-state index in [2.05, 4.69) is 41.2 Å². The molecule has 1 aromatic carbocycles. The number of guanidine groups is 1. The van der Waals surface area contributed by atoms with Crippen LogP contribution in [0.2, 0.25) is 0 Å². The molecular weight excluding hydrogens is 541 g/mol. The van der Waals surface area contributed by atoms with Crippen molar-refractivity contribution in [1.82, 2.24) is 15.6 Å². The van der Waals surface area contributed by atoms with Gasteiger partial charge < -0.3 is 25.2 Å². The highest BCUT2D eigenvalue weighted by Crippen LogP contribution is 2.31. The van der Waals surface area contributed by atoms with Gasteiger partial charge in [0.1, 0.15) is 11.6 Å². The molecule has 2 fully saturated rings. The Morgan fingerprint density at radius 3 is 2.73 bits per heavy atom. The van der Waals surface area contributed by atoms with Gasteiger partial charge in [-0.05, 0) is 49.1 Å². The van der Waals surface area contributed by atoms with Crippen LogP contribution < -0.4 is 25.2 Å². The van der Waals surface area contributed by atoms with Crippen molar-refractivity contribution in [3.63, 3.8) is 0 Å². The minimum Gasteiger partial charge on any atom is -0.433 e. The quantitative estimate of drug-likeness (QED) is 0.299. The summed E-state index contributed by atoms with van der Waals surface area (Å²) in [6.07, 6.45) is 5.17. The van der Waals surface area contributed by atoms with Gasteiger partial charge in [-0.1, -0.05) is 12.1 Å². The zero-order valence-electron chi connectivity index (χ0n) is 18.7. The third-order valence-electron chi connectivity index (χ3n) is 5.87. The predicted octanol–water partition coefficient (Wildman–Crippen LogP) is 3.85. The molecule has 1 unspecified atom stereocenters. The highest BCUT2D eigenvalue weighted by molar-refractivity contribution is 14.0. The fourth-order valence-corrected chi connectivity index (χ4v) is 4.27. The number of pyridine rings is 1. The van der Waals surface area contributed by atoms with E-state index in [1.807, 2.05) is 24.4 Å². The summed E-state index contributed by atoms with van der Waals surface area (Å²) in [5.41, 5.74) is 1.84. The first-order chi connectivity index (χ1) is 15.6. The zero-order chi connectivity index (χ0) is 22.3. The molecule has 10 heteroatoms. The van der Waals surface area contributed by atoms with Gasteiger partial charge in [0.25, 0.3) is 0 Å². The number of aliphatic imine (C=N–C) groups is 1. The average Bonchev–Trinajstić information content (AvgIpc) is 3.49. The molecular formula is C23H31F2IN6O. The Hall–Kier alpha value is -2.37. The zero-order valence-corrected chi connectivity index (χ0v) is 21.0. The van der Waals surface area contributed by atoms with E-state index in [1.165, 1.54) is 12.8 Å². The van der Waals surface area contributed by atoms with Crippen molar-refractivity contribution < 1.29 is 13.5 Å². The van der Waals surface area contributed by atoms with E-state index in [4.69, 9.17) is 0 Å². The molecule has 0 radical (unpaired) electrons. The summed E-state index contributed by atoms with van der Waals surface area (Å²) in [5, 5.41) is 6.82. The lowest BCUT2D eigenvalue weighted by molar-refractivity contribution is -0.0495. The Kier molecular flexibility index (Phi) is 9.33. The lowest BCUT2D eigenvalue weighted by atomic mass is 10.2. The molecule has 2 aliphatic rings. The molecule has 180 valence electrons. The van der Waals surface area contributed by atoms with Crippen molar-refractivity contribution >= 4 is 41.4 Å². The van der Waals surface area contributed by atoms with Crippen LogP contribution in [0.3, 0.4) is 0 Å². The molecule has 0 bridgehead atoms. The van der Waals surface area contributed by atoms with E-state index < -0.39 is 6.61 Å². The lowest BCUT2D eigenvalue weighted by Crippen LogP contribution is -2.44. The van der Waals surface area contributed by atoms with Gasteiger partial charge in [0, 0.05) is 52.0 Å². The van der Waals surface area contributed by atoms with Crippen LogP contribution in [0.5, 0.6) is 5.75 Å². The highest BCUT2D eigenvalue weighted by atomic mass is 127. The van der Waals surface area contributed by atoms with Crippen LogP contribution in [0, 0.1) is 0 Å². The summed E-state index contributed by atoms with van der Waals surface area (Å²) in [4.78, 5) is 13.2. The number of aromatic nitrogens is 1. The van der Waals surface area contributed by atoms with Crippen molar-refractivity contribution in [2.24, 2.45) is 4.99 Å². The van der Waals surface area contributed by atoms with E-state index in [0.717, 1.165) is 37.4 Å². The summed E-state index contributed by atoms with van der Waals surface area (Å²) in [6.45, 7) is 1.37. The fourth-order valence-electron chi connectivity index (χ4n) is 4.27. The number of anilines is 2. The lowest BCUT2D eigenvalue weighted by Gasteiger charge is -2.22. The van der Waals surface area contributed by atoms with Crippen molar-refractivity contribution in [2.45, 2.75) is 38.5 Å². The topological polar surface area (TPSA) is 65.0 Å². The SMILES string of the molecule is CN=C(NCc1ccnc(N2CCCC2)c1)NC1CCN(c2ccccc2OC(F)F)C1.I. The monoisotopic (exact) mass is 572 g/mol. The fraction of sp³-hybridized carbons (Fsp3) is 0.478. The largest absolute Gasteiger partial charge is 0.433 e. The maximum Gasteiger partial charge on any atom is 0.387 e. The van der Waals surface area contributed by atoms with Crippen LogP contribution in [-0.4, -0.2) is 56.8 Å². The number of para-hydroxylation sites is 2. The van der Waals surface area contributed by atoms with Gasteiger partial charge in [-0.2, -0.15) is 8.78 Å². The summed E-state index contributed by atoms with van der Waals surface area (Å²) in [6, 6.07) is 11.2. The number of benzene rings is 1. The molecule has 33 heavy (non-hydrogen) atoms. The molecule has 2 N–H and O–H groups in total. The van der Waals surface area contributed by atoms with Crippen LogP contribution >= 0.6 is 24.0 Å². The molecule has 2 aliphatic heterocycles. The van der Waals surface area contributed by atoms with Gasteiger partial charge >= 0.3 is 6.61 Å². The number of hydrogen-bond donors (Lipinski definition) is 2. The number of hydrogen-bond acceptors (Lipinski definition) is 5. The van der Waals surface area contributed by atoms with E-state index in [-0.39, 0.29) is 35.8 Å². The van der Waals surface area contributed by atoms with E-state index >= 15 is 0 Å². The number of rotatable bonds is 7. The van der Waals surface area contributed by atoms with Gasteiger partial charge in [0.2, 0.25) is 0 Å². The number of nitrogens with one attached hydrogen (secondary N) is 2. The summed E-state index contributed by atoms with van der Waals surface area (Å²) < 4.78 is 30.2. The third-order valence-corrected chi connectivity index (χ3v) is 5.87. The van der Waals surface area contributed by atoms with Crippen molar-refractivity contribution in [3.05, 3.63) is 48.2 Å². The van der Waals surface area contributed by atoms with E-state index in [0.29, 0.717) is 24.7 Å². The summed E-state index contributed by atoms with van der Waals surface area (Å²) in [7, 11) is 1.75. The second kappa shape index (κ2) is 12.2. The Morgan fingerprint density at radius 2 is 1.97 bits per heavy atom. The molecule has 3 heterocycles. The maximum atomic E-state index is 12.7. The van der Waals surface area contributed by atoms with Crippen LogP contribution in [0.25, 0.3) is 0 Å². The van der Waals surface area contributed by atoms with Gasteiger partial charge in [-0.3, -0.25) is 4.99 Å². The molecule has 2 aromatic rings. The standard InChI is InChI=1S/C23H30F2N6O.HI/c1-26-23(28-15-17-8-10-27-21(14-17)30-11-4-5-12-30)29-18-9-13-31(16-18)19-6-2-3-7-20(19)32-22(24)25;/h2-3,6-8,10,14,18,22H,4-5,9,11-13,15-16H2,1H3,(H2,26,28,29);1H. The van der Waals surface area contributed by atoms with Crippen molar-refractivity contribution in [3.8, 4) is 5.75 Å². The van der Waals surface area contributed by atoms with Gasteiger partial charge in [0.05, 0.1) is 5.69 Å². The average molecular weight is 572 g/mol. The number of halogens is 3. The molecule has 1 atom stereocenters. The van der Waals surface area contributed by atoms with Gasteiger partial charge in [-0.25, -0.2) is 4.98 Å². The van der Waals surface area contributed by atoms with Crippen LogP contribution in [0.1, 0.15) is 24.8 Å². The number of ether oxygens (including phenoxy) is 1. The normalized spacial score (nSPS) is 18.4. The molecule has 0 spiro atoms. The van der Waals surface area contributed by atoms with Gasteiger partial charge in [-0.15, -0.1) is 24.0 Å². The first-order valence-electron chi connectivity index (χ1n) is 11.1. The second-order valence-corrected chi connectivity index (χ2v) is 8.06. The Morgan fingerprint density at radius 1 is 1.18 bits per heavy atom. The molecule has 2 saturated heterocycles. The molecule has 1 aromatic heterocycles. The highest BCUT2D eigenvalue weighted by Gasteiger charge is 2.26. The Bertz CT molecular complexity index is 925. The second-order valence-electron chi connectivity index (χ2n) is 8.06. The Labute approximate surface area is 210 Å². The smallest absolute Gasteiger partial charge is 0.387 e. The van der Waals surface area contributed by atoms with E-state index in [9.17, 15) is 8.78 Å². The Balaban J connectivity index is 0.00000306. The summed E-state index contributed by atoms with van der Waals surface area (Å²) in [5.74, 6) is 1.95. The molecule has 0 amide bonds. The minimum atomic E-state index is -2.84. The molecule has 4 rings (SSSR count). The molecule has 7 nitrogen and oxygen atoms in total. The minimum absolute atomic E-state index is 0.